The van der Waals surface area contributed by atoms with E-state index in [4.69, 9.17) is 9.15 Å². The minimum absolute atomic E-state index is 0.112. The van der Waals surface area contributed by atoms with Crippen molar-refractivity contribution >= 4 is 5.91 Å². The summed E-state index contributed by atoms with van der Waals surface area (Å²) in [5, 5.41) is 3.00. The highest BCUT2D eigenvalue weighted by molar-refractivity contribution is 5.82. The van der Waals surface area contributed by atoms with Crippen LogP contribution in [0.5, 0.6) is 0 Å². The fraction of sp³-hybridized carbons (Fsp3) is 0.643. The lowest BCUT2D eigenvalue weighted by Crippen LogP contribution is -2.28. The first kappa shape index (κ1) is 11.8. The molecule has 1 N–H and O–H groups in total. The van der Waals surface area contributed by atoms with Crippen LogP contribution in [0.4, 0.5) is 0 Å². The largest absolute Gasteiger partial charge is 0.469 e. The lowest BCUT2D eigenvalue weighted by Gasteiger charge is -2.09. The van der Waals surface area contributed by atoms with Gasteiger partial charge in [-0.25, -0.2) is 0 Å². The number of furan rings is 1. The molecule has 2 aliphatic rings. The molecule has 1 amide bonds. The zero-order valence-corrected chi connectivity index (χ0v) is 10.4. The number of nitrogens with one attached hydrogen (secondary N) is 1. The van der Waals surface area contributed by atoms with Gasteiger partial charge in [-0.1, -0.05) is 0 Å². The van der Waals surface area contributed by atoms with Crippen molar-refractivity contribution in [3.63, 3.8) is 0 Å². The molecule has 0 bridgehead atoms. The first-order valence-electron chi connectivity index (χ1n) is 6.77. The molecule has 1 aliphatic carbocycles. The molecule has 2 heterocycles. The molecule has 1 saturated heterocycles. The van der Waals surface area contributed by atoms with Crippen LogP contribution in [0.3, 0.4) is 0 Å². The molecule has 1 aromatic heterocycles. The van der Waals surface area contributed by atoms with Gasteiger partial charge in [0.1, 0.15) is 5.76 Å². The number of hydrogen-bond acceptors (Lipinski definition) is 3. The van der Waals surface area contributed by atoms with E-state index in [1.807, 2.05) is 12.1 Å². The zero-order chi connectivity index (χ0) is 12.4. The van der Waals surface area contributed by atoms with Crippen molar-refractivity contribution in [2.75, 3.05) is 13.2 Å². The van der Waals surface area contributed by atoms with Crippen LogP contribution in [0, 0.1) is 5.92 Å². The second-order valence-corrected chi connectivity index (χ2v) is 5.18. The minimum Gasteiger partial charge on any atom is -0.469 e. The number of rotatable bonds is 5. The molecule has 0 spiro atoms. The van der Waals surface area contributed by atoms with Gasteiger partial charge in [-0.3, -0.25) is 4.79 Å². The summed E-state index contributed by atoms with van der Waals surface area (Å²) in [7, 11) is 0. The van der Waals surface area contributed by atoms with Crippen molar-refractivity contribution in [2.24, 2.45) is 5.92 Å². The summed E-state index contributed by atoms with van der Waals surface area (Å²) in [5.41, 5.74) is 0. The molecule has 0 unspecified atom stereocenters. The predicted molar refractivity (Wildman–Crippen MR) is 66.2 cm³/mol. The Bertz CT molecular complexity index is 395. The fourth-order valence-corrected chi connectivity index (χ4v) is 2.66. The van der Waals surface area contributed by atoms with Crippen molar-refractivity contribution in [3.8, 4) is 0 Å². The average molecular weight is 249 g/mol. The Morgan fingerprint density at radius 3 is 3.17 bits per heavy atom. The number of carbonyl (C=O) groups excluding carboxylic acids is 1. The summed E-state index contributed by atoms with van der Waals surface area (Å²) in [6.07, 6.45) is 6.16. The molecule has 4 nitrogen and oxygen atoms in total. The summed E-state index contributed by atoms with van der Waals surface area (Å²) < 4.78 is 10.8. The zero-order valence-electron chi connectivity index (χ0n) is 10.4. The van der Waals surface area contributed by atoms with Crippen molar-refractivity contribution in [1.82, 2.24) is 5.32 Å². The Morgan fingerprint density at radius 2 is 2.44 bits per heavy atom. The van der Waals surface area contributed by atoms with Crippen LogP contribution < -0.4 is 5.32 Å². The molecular formula is C14H19NO3. The molecule has 1 aliphatic heterocycles. The third kappa shape index (κ3) is 2.58. The van der Waals surface area contributed by atoms with Gasteiger partial charge >= 0.3 is 0 Å². The number of amides is 1. The van der Waals surface area contributed by atoms with E-state index in [9.17, 15) is 4.79 Å². The smallest absolute Gasteiger partial charge is 0.223 e. The summed E-state index contributed by atoms with van der Waals surface area (Å²) in [6, 6.07) is 3.82. The highest BCUT2D eigenvalue weighted by atomic mass is 16.5. The van der Waals surface area contributed by atoms with E-state index in [1.54, 1.807) is 6.26 Å². The van der Waals surface area contributed by atoms with Gasteiger partial charge in [-0.2, -0.15) is 0 Å². The van der Waals surface area contributed by atoms with E-state index >= 15 is 0 Å². The van der Waals surface area contributed by atoms with Crippen LogP contribution in [0.2, 0.25) is 0 Å². The summed E-state index contributed by atoms with van der Waals surface area (Å²) >= 11 is 0. The standard InChI is InChI=1S/C14H19NO3/c16-14(15-6-5-10-3-1-7-17-10)12-9-11(12)13-4-2-8-18-13/h2,4,8,10-12H,1,3,5-7,9H2,(H,15,16)/t10-,11-,12-/m0/s1. The molecule has 4 heteroatoms. The van der Waals surface area contributed by atoms with Crippen LogP contribution in [0.1, 0.15) is 37.4 Å². The van der Waals surface area contributed by atoms with Crippen LogP contribution >= 0.6 is 0 Å². The SMILES string of the molecule is O=C(NCC[C@@H]1CCCO1)[C@H]1C[C@@H]1c1ccco1. The monoisotopic (exact) mass is 249 g/mol. The van der Waals surface area contributed by atoms with Crippen molar-refractivity contribution in [2.45, 2.75) is 37.7 Å². The van der Waals surface area contributed by atoms with Crippen molar-refractivity contribution < 1.29 is 13.9 Å². The van der Waals surface area contributed by atoms with Gasteiger partial charge in [-0.05, 0) is 37.8 Å². The molecule has 3 atom stereocenters. The molecule has 2 fully saturated rings. The van der Waals surface area contributed by atoms with Gasteiger partial charge in [0.05, 0.1) is 12.4 Å². The topological polar surface area (TPSA) is 51.5 Å². The lowest BCUT2D eigenvalue weighted by atomic mass is 10.2. The van der Waals surface area contributed by atoms with E-state index < -0.39 is 0 Å². The third-order valence-electron chi connectivity index (χ3n) is 3.83. The maximum absolute atomic E-state index is 11.9. The van der Waals surface area contributed by atoms with Crippen LogP contribution in [0.15, 0.2) is 22.8 Å². The first-order chi connectivity index (χ1) is 8.84. The molecule has 0 radical (unpaired) electrons. The maximum Gasteiger partial charge on any atom is 0.223 e. The molecule has 98 valence electrons. The third-order valence-corrected chi connectivity index (χ3v) is 3.83. The Morgan fingerprint density at radius 1 is 1.50 bits per heavy atom. The quantitative estimate of drug-likeness (QED) is 0.869. The second-order valence-electron chi connectivity index (χ2n) is 5.18. The Kier molecular flexibility index (Phi) is 3.37. The highest BCUT2D eigenvalue weighted by Gasteiger charge is 2.45. The molecular weight excluding hydrogens is 230 g/mol. The maximum atomic E-state index is 11.9. The highest BCUT2D eigenvalue weighted by Crippen LogP contribution is 2.47. The summed E-state index contributed by atoms with van der Waals surface area (Å²) in [5.74, 6) is 1.51. The van der Waals surface area contributed by atoms with E-state index in [1.165, 1.54) is 0 Å². The normalized spacial score (nSPS) is 30.3. The predicted octanol–water partition coefficient (Wildman–Crippen LogP) is 2.07. The van der Waals surface area contributed by atoms with Crippen LogP contribution in [0.25, 0.3) is 0 Å². The second kappa shape index (κ2) is 5.14. The van der Waals surface area contributed by atoms with Crippen LogP contribution in [-0.4, -0.2) is 25.2 Å². The Labute approximate surface area is 107 Å². The first-order valence-corrected chi connectivity index (χ1v) is 6.77. The molecule has 18 heavy (non-hydrogen) atoms. The van der Waals surface area contributed by atoms with Gasteiger partial charge in [0.2, 0.25) is 5.91 Å². The molecule has 0 aromatic carbocycles. The van der Waals surface area contributed by atoms with E-state index in [0.29, 0.717) is 12.0 Å². The van der Waals surface area contributed by atoms with Crippen LogP contribution in [-0.2, 0) is 9.53 Å². The Balaban J connectivity index is 1.38. The number of hydrogen-bond donors (Lipinski definition) is 1. The summed E-state index contributed by atoms with van der Waals surface area (Å²) in [6.45, 7) is 1.60. The molecule has 1 saturated carbocycles. The molecule has 3 rings (SSSR count). The average Bonchev–Trinajstić information content (AvgIpc) is 2.84. The van der Waals surface area contributed by atoms with Gasteiger partial charge < -0.3 is 14.5 Å². The Hall–Kier alpha value is -1.29. The lowest BCUT2D eigenvalue weighted by molar-refractivity contribution is -0.122. The summed E-state index contributed by atoms with van der Waals surface area (Å²) in [4.78, 5) is 11.9. The number of carbonyl (C=O) groups is 1. The van der Waals surface area contributed by atoms with Crippen molar-refractivity contribution in [3.05, 3.63) is 24.2 Å². The van der Waals surface area contributed by atoms with E-state index in [2.05, 4.69) is 5.32 Å². The van der Waals surface area contributed by atoms with Gasteiger partial charge in [-0.15, -0.1) is 0 Å². The van der Waals surface area contributed by atoms with E-state index in [-0.39, 0.29) is 11.8 Å². The van der Waals surface area contributed by atoms with Gasteiger partial charge in [0.25, 0.3) is 0 Å². The van der Waals surface area contributed by atoms with E-state index in [0.717, 1.165) is 44.6 Å². The minimum atomic E-state index is 0.112. The molecule has 1 aromatic rings. The fourth-order valence-electron chi connectivity index (χ4n) is 2.66. The van der Waals surface area contributed by atoms with Crippen molar-refractivity contribution in [1.29, 1.82) is 0 Å². The van der Waals surface area contributed by atoms with Gasteiger partial charge in [0, 0.05) is 25.0 Å². The van der Waals surface area contributed by atoms with Gasteiger partial charge in [0.15, 0.2) is 0 Å². The number of ether oxygens (including phenoxy) is 1.